The van der Waals surface area contributed by atoms with Crippen molar-refractivity contribution in [2.24, 2.45) is 0 Å². The summed E-state index contributed by atoms with van der Waals surface area (Å²) < 4.78 is 5.33. The number of fused-ring (bicyclic) bond motifs is 1. The Morgan fingerprint density at radius 3 is 2.31 bits per heavy atom. The van der Waals surface area contributed by atoms with E-state index < -0.39 is 6.09 Å². The van der Waals surface area contributed by atoms with Crippen LogP contribution in [0.5, 0.6) is 0 Å². The molecule has 2 aliphatic heterocycles. The fourth-order valence-electron chi connectivity index (χ4n) is 4.98. The average molecular weight is 538 g/mol. The predicted molar refractivity (Wildman–Crippen MR) is 149 cm³/mol. The van der Waals surface area contributed by atoms with Crippen LogP contribution >= 0.6 is 24.8 Å². The molecule has 0 spiro atoms. The Bertz CT molecular complexity index is 1030. The minimum absolute atomic E-state index is 0. The van der Waals surface area contributed by atoms with Gasteiger partial charge in [0.15, 0.2) is 0 Å². The molecule has 0 bridgehead atoms. The fraction of sp³-hybridized carbons (Fsp3) is 0.481. The van der Waals surface area contributed by atoms with E-state index in [1.807, 2.05) is 31.7 Å². The van der Waals surface area contributed by atoms with Crippen molar-refractivity contribution in [1.82, 2.24) is 15.5 Å². The largest absolute Gasteiger partial charge is 0.447 e. The standard InChI is InChI=1S/C27H36N4O3.2ClH/c1-18(2)34-27(33)29-25-15-19(3)31(20(4)32)26-10-9-23(16-24(25)26)22-7-5-21(6-8-22)17-30-13-11-28-12-14-30;;/h5-10,16,18-19,25,28H,11-15,17H2,1-4H3,(H,29,33);2*1H/t19-,25+;;/m0../s1. The van der Waals surface area contributed by atoms with E-state index in [0.29, 0.717) is 6.42 Å². The van der Waals surface area contributed by atoms with Crippen LogP contribution in [0.3, 0.4) is 0 Å². The summed E-state index contributed by atoms with van der Waals surface area (Å²) in [5.74, 6) is 0.00183. The molecule has 2 N–H and O–H groups in total. The van der Waals surface area contributed by atoms with Crippen molar-refractivity contribution in [3.8, 4) is 11.1 Å². The second-order valence-corrected chi connectivity index (χ2v) is 9.62. The quantitative estimate of drug-likeness (QED) is 0.567. The molecule has 2 aliphatic rings. The van der Waals surface area contributed by atoms with Gasteiger partial charge in [0.2, 0.25) is 5.91 Å². The number of anilines is 1. The molecule has 2 aromatic rings. The van der Waals surface area contributed by atoms with Gasteiger partial charge in [0.1, 0.15) is 0 Å². The van der Waals surface area contributed by atoms with Crippen molar-refractivity contribution in [3.05, 3.63) is 53.6 Å². The van der Waals surface area contributed by atoms with Crippen LogP contribution in [0.15, 0.2) is 42.5 Å². The lowest BCUT2D eigenvalue weighted by molar-refractivity contribution is -0.117. The van der Waals surface area contributed by atoms with Crippen LogP contribution in [0.2, 0.25) is 0 Å². The number of carbonyl (C=O) groups is 2. The summed E-state index contributed by atoms with van der Waals surface area (Å²) >= 11 is 0. The zero-order valence-electron chi connectivity index (χ0n) is 21.5. The molecule has 36 heavy (non-hydrogen) atoms. The highest BCUT2D eigenvalue weighted by molar-refractivity contribution is 5.94. The van der Waals surface area contributed by atoms with Gasteiger partial charge in [-0.1, -0.05) is 30.3 Å². The highest BCUT2D eigenvalue weighted by Gasteiger charge is 2.33. The van der Waals surface area contributed by atoms with E-state index in [-0.39, 0.29) is 48.9 Å². The Kier molecular flexibility index (Phi) is 11.0. The summed E-state index contributed by atoms with van der Waals surface area (Å²) in [6, 6.07) is 14.6. The van der Waals surface area contributed by atoms with E-state index in [2.05, 4.69) is 51.9 Å². The molecule has 1 fully saturated rings. The SMILES string of the molecule is CC(=O)N1c2ccc(-c3ccc(CN4CCNCC4)cc3)cc2[C@H](NC(=O)OC(C)C)C[C@@H]1C.Cl.Cl. The van der Waals surface area contributed by atoms with Gasteiger partial charge in [-0.15, -0.1) is 24.8 Å². The van der Waals surface area contributed by atoms with Gasteiger partial charge in [0, 0.05) is 51.4 Å². The summed E-state index contributed by atoms with van der Waals surface area (Å²) in [6.45, 7) is 12.5. The summed E-state index contributed by atoms with van der Waals surface area (Å²) in [5, 5.41) is 6.41. The minimum atomic E-state index is -0.433. The zero-order valence-corrected chi connectivity index (χ0v) is 23.1. The maximum atomic E-state index is 12.4. The van der Waals surface area contributed by atoms with E-state index in [9.17, 15) is 9.59 Å². The van der Waals surface area contributed by atoms with Gasteiger partial charge in [-0.3, -0.25) is 9.69 Å². The molecule has 0 saturated carbocycles. The topological polar surface area (TPSA) is 73.9 Å². The molecular formula is C27H38Cl2N4O3. The first-order valence-corrected chi connectivity index (χ1v) is 12.2. The van der Waals surface area contributed by atoms with Gasteiger partial charge in [-0.05, 0) is 61.6 Å². The van der Waals surface area contributed by atoms with E-state index in [1.54, 1.807) is 6.92 Å². The number of alkyl carbamates (subject to hydrolysis) is 1. The van der Waals surface area contributed by atoms with E-state index in [0.717, 1.165) is 55.1 Å². The van der Waals surface area contributed by atoms with E-state index >= 15 is 0 Å². The molecular weight excluding hydrogens is 499 g/mol. The van der Waals surface area contributed by atoms with Gasteiger partial charge in [0.05, 0.1) is 12.1 Å². The van der Waals surface area contributed by atoms with E-state index in [1.165, 1.54) is 5.56 Å². The fourth-order valence-corrected chi connectivity index (χ4v) is 4.98. The number of ether oxygens (including phenoxy) is 1. The van der Waals surface area contributed by atoms with Crippen molar-refractivity contribution in [3.63, 3.8) is 0 Å². The smallest absolute Gasteiger partial charge is 0.407 e. The van der Waals surface area contributed by atoms with Gasteiger partial charge in [0.25, 0.3) is 0 Å². The molecule has 9 heteroatoms. The molecule has 0 unspecified atom stereocenters. The molecule has 2 atom stereocenters. The van der Waals surface area contributed by atoms with E-state index in [4.69, 9.17) is 4.74 Å². The molecule has 2 heterocycles. The molecule has 198 valence electrons. The second-order valence-electron chi connectivity index (χ2n) is 9.62. The number of nitrogens with zero attached hydrogens (tertiary/aromatic N) is 2. The lowest BCUT2D eigenvalue weighted by atomic mass is 9.89. The number of nitrogens with one attached hydrogen (secondary N) is 2. The Balaban J connectivity index is 0.00000228. The lowest BCUT2D eigenvalue weighted by Crippen LogP contribution is -2.45. The Hall–Kier alpha value is -2.32. The molecule has 2 amide bonds. The van der Waals surface area contributed by atoms with Crippen LogP contribution in [0.4, 0.5) is 10.5 Å². The molecule has 4 rings (SSSR count). The van der Waals surface area contributed by atoms with Crippen molar-refractivity contribution < 1.29 is 14.3 Å². The van der Waals surface area contributed by atoms with Gasteiger partial charge in [-0.2, -0.15) is 0 Å². The normalized spacial score (nSPS) is 19.5. The third kappa shape index (κ3) is 7.13. The minimum Gasteiger partial charge on any atom is -0.447 e. The van der Waals surface area contributed by atoms with Crippen LogP contribution in [0.25, 0.3) is 11.1 Å². The first-order chi connectivity index (χ1) is 16.3. The van der Waals surface area contributed by atoms with Gasteiger partial charge < -0.3 is 20.3 Å². The number of piperazine rings is 1. The first kappa shape index (κ1) is 29.9. The Morgan fingerprint density at radius 2 is 1.69 bits per heavy atom. The van der Waals surface area contributed by atoms with Crippen molar-refractivity contribution in [1.29, 1.82) is 0 Å². The third-order valence-corrected chi connectivity index (χ3v) is 6.56. The number of carbonyl (C=O) groups excluding carboxylic acids is 2. The number of rotatable bonds is 5. The summed E-state index contributed by atoms with van der Waals surface area (Å²) in [5.41, 5.74) is 5.27. The second kappa shape index (κ2) is 13.3. The number of amides is 2. The molecule has 0 aliphatic carbocycles. The molecule has 1 saturated heterocycles. The van der Waals surface area contributed by atoms with Crippen LogP contribution in [0.1, 0.15) is 51.3 Å². The monoisotopic (exact) mass is 536 g/mol. The highest BCUT2D eigenvalue weighted by atomic mass is 35.5. The summed E-state index contributed by atoms with van der Waals surface area (Å²) in [6.07, 6.45) is 0.00435. The van der Waals surface area contributed by atoms with Crippen LogP contribution < -0.4 is 15.5 Å². The molecule has 2 aromatic carbocycles. The maximum Gasteiger partial charge on any atom is 0.407 e. The molecule has 7 nitrogen and oxygen atoms in total. The summed E-state index contributed by atoms with van der Waals surface area (Å²) in [4.78, 5) is 29.1. The third-order valence-electron chi connectivity index (χ3n) is 6.56. The first-order valence-electron chi connectivity index (χ1n) is 12.2. The van der Waals surface area contributed by atoms with Crippen molar-refractivity contribution in [2.75, 3.05) is 31.1 Å². The van der Waals surface area contributed by atoms with Crippen molar-refractivity contribution >= 4 is 42.5 Å². The number of hydrogen-bond acceptors (Lipinski definition) is 5. The number of benzene rings is 2. The van der Waals surface area contributed by atoms with Gasteiger partial charge >= 0.3 is 6.09 Å². The Morgan fingerprint density at radius 1 is 1.06 bits per heavy atom. The number of hydrogen-bond donors (Lipinski definition) is 2. The van der Waals surface area contributed by atoms with Crippen LogP contribution in [-0.4, -0.2) is 55.2 Å². The summed E-state index contributed by atoms with van der Waals surface area (Å²) in [7, 11) is 0. The lowest BCUT2D eigenvalue weighted by Gasteiger charge is -2.39. The predicted octanol–water partition coefficient (Wildman–Crippen LogP) is 4.92. The Labute approximate surface area is 226 Å². The van der Waals surface area contributed by atoms with Crippen LogP contribution in [0, 0.1) is 0 Å². The zero-order chi connectivity index (χ0) is 24.2. The number of halogens is 2. The van der Waals surface area contributed by atoms with Crippen LogP contribution in [-0.2, 0) is 16.1 Å². The average Bonchev–Trinajstić information content (AvgIpc) is 2.79. The highest BCUT2D eigenvalue weighted by Crippen LogP contribution is 2.39. The molecule has 0 radical (unpaired) electrons. The van der Waals surface area contributed by atoms with Crippen molar-refractivity contribution in [2.45, 2.75) is 58.8 Å². The molecule has 0 aromatic heterocycles. The van der Waals surface area contributed by atoms with Gasteiger partial charge in [-0.25, -0.2) is 4.79 Å². The maximum absolute atomic E-state index is 12.4.